The summed E-state index contributed by atoms with van der Waals surface area (Å²) in [6, 6.07) is 17.8. The molecule has 3 aromatic rings. The van der Waals surface area contributed by atoms with Gasteiger partial charge in [-0.05, 0) is 40.1 Å². The van der Waals surface area contributed by atoms with Crippen LogP contribution in [0.5, 0.6) is 17.2 Å². The lowest BCUT2D eigenvalue weighted by Gasteiger charge is -2.16. The van der Waals surface area contributed by atoms with E-state index in [0.717, 1.165) is 27.5 Å². The molecule has 0 saturated carbocycles. The molecule has 5 nitrogen and oxygen atoms in total. The maximum atomic E-state index is 11.4. The van der Waals surface area contributed by atoms with E-state index in [1.165, 1.54) is 13.2 Å². The number of esters is 1. The van der Waals surface area contributed by atoms with Crippen LogP contribution in [0.3, 0.4) is 0 Å². The van der Waals surface area contributed by atoms with Crippen LogP contribution < -0.4 is 14.2 Å². The summed E-state index contributed by atoms with van der Waals surface area (Å²) in [6.45, 7) is 1.36. The van der Waals surface area contributed by atoms with Crippen LogP contribution in [0.25, 0.3) is 16.3 Å². The first-order valence-electron chi connectivity index (χ1n) is 8.74. The van der Waals surface area contributed by atoms with Gasteiger partial charge in [-0.1, -0.05) is 36.4 Å². The minimum atomic E-state index is -0.397. The second-order valence-electron chi connectivity index (χ2n) is 6.12. The largest absolute Gasteiger partial charge is 0.493 e. The lowest BCUT2D eigenvalue weighted by Crippen LogP contribution is -1.99. The molecule has 0 saturated heterocycles. The number of benzene rings is 3. The Hall–Kier alpha value is -3.47. The molecule has 0 aliphatic heterocycles. The SMILES string of the molecule is COc1cc(/C(=C\OC(C)=O)c2ccc3ccccc3c2)cc(OC)c1OC. The fraction of sp³-hybridized carbons (Fsp3) is 0.174. The third kappa shape index (κ3) is 3.93. The van der Waals surface area contributed by atoms with Gasteiger partial charge < -0.3 is 18.9 Å². The average Bonchev–Trinajstić information content (AvgIpc) is 2.72. The number of fused-ring (bicyclic) bond motifs is 1. The summed E-state index contributed by atoms with van der Waals surface area (Å²) in [5.41, 5.74) is 2.39. The van der Waals surface area contributed by atoms with Gasteiger partial charge in [0.05, 0.1) is 21.3 Å². The monoisotopic (exact) mass is 378 g/mol. The van der Waals surface area contributed by atoms with Gasteiger partial charge in [-0.15, -0.1) is 0 Å². The predicted octanol–water partition coefficient (Wildman–Crippen LogP) is 4.82. The number of hydrogen-bond donors (Lipinski definition) is 0. The maximum Gasteiger partial charge on any atom is 0.307 e. The predicted molar refractivity (Wildman–Crippen MR) is 109 cm³/mol. The Bertz CT molecular complexity index is 1010. The second-order valence-corrected chi connectivity index (χ2v) is 6.12. The summed E-state index contributed by atoms with van der Waals surface area (Å²) in [5.74, 6) is 1.14. The number of carbonyl (C=O) groups excluding carboxylic acids is 1. The van der Waals surface area contributed by atoms with Crippen molar-refractivity contribution in [1.82, 2.24) is 0 Å². The Labute approximate surface area is 164 Å². The van der Waals surface area contributed by atoms with Crippen molar-refractivity contribution in [3.8, 4) is 17.2 Å². The van der Waals surface area contributed by atoms with Gasteiger partial charge >= 0.3 is 5.97 Å². The number of rotatable bonds is 6. The van der Waals surface area contributed by atoms with Crippen molar-refractivity contribution in [1.29, 1.82) is 0 Å². The molecular weight excluding hydrogens is 356 g/mol. The topological polar surface area (TPSA) is 54.0 Å². The highest BCUT2D eigenvalue weighted by molar-refractivity contribution is 5.90. The molecular formula is C23H22O5. The van der Waals surface area contributed by atoms with Gasteiger partial charge in [0.2, 0.25) is 5.75 Å². The van der Waals surface area contributed by atoms with E-state index in [9.17, 15) is 4.79 Å². The van der Waals surface area contributed by atoms with Crippen molar-refractivity contribution in [3.63, 3.8) is 0 Å². The van der Waals surface area contributed by atoms with Crippen molar-refractivity contribution >= 4 is 22.3 Å². The van der Waals surface area contributed by atoms with E-state index in [2.05, 4.69) is 0 Å². The summed E-state index contributed by atoms with van der Waals surface area (Å²) >= 11 is 0. The highest BCUT2D eigenvalue weighted by atomic mass is 16.5. The summed E-state index contributed by atoms with van der Waals surface area (Å²) in [5, 5.41) is 2.21. The van der Waals surface area contributed by atoms with E-state index in [-0.39, 0.29) is 0 Å². The van der Waals surface area contributed by atoms with E-state index >= 15 is 0 Å². The molecule has 0 atom stereocenters. The van der Waals surface area contributed by atoms with Crippen LogP contribution in [0.15, 0.2) is 60.9 Å². The number of methoxy groups -OCH3 is 3. The van der Waals surface area contributed by atoms with E-state index in [1.807, 2.05) is 54.6 Å². The van der Waals surface area contributed by atoms with Crippen LogP contribution in [-0.2, 0) is 9.53 Å². The molecule has 3 aromatic carbocycles. The zero-order valence-electron chi connectivity index (χ0n) is 16.3. The lowest BCUT2D eigenvalue weighted by atomic mass is 9.96. The zero-order valence-corrected chi connectivity index (χ0v) is 16.3. The van der Waals surface area contributed by atoms with Crippen LogP contribution in [0.4, 0.5) is 0 Å². The average molecular weight is 378 g/mol. The zero-order chi connectivity index (χ0) is 20.1. The molecule has 0 fully saturated rings. The molecule has 0 heterocycles. The first-order valence-corrected chi connectivity index (χ1v) is 8.74. The van der Waals surface area contributed by atoms with Crippen molar-refractivity contribution in [2.75, 3.05) is 21.3 Å². The molecule has 0 aliphatic rings. The van der Waals surface area contributed by atoms with Crippen molar-refractivity contribution in [2.24, 2.45) is 0 Å². The second kappa shape index (κ2) is 8.48. The van der Waals surface area contributed by atoms with Gasteiger partial charge in [0.1, 0.15) is 6.26 Å². The van der Waals surface area contributed by atoms with Crippen LogP contribution >= 0.6 is 0 Å². The first-order chi connectivity index (χ1) is 13.6. The fourth-order valence-electron chi connectivity index (χ4n) is 3.04. The standard InChI is InChI=1S/C23H22O5/c1-15(24)28-14-20(18-10-9-16-7-5-6-8-17(16)11-18)19-12-21(25-2)23(27-4)22(13-19)26-3/h5-14H,1-4H3/b20-14-. The molecule has 0 bridgehead atoms. The minimum absolute atomic E-state index is 0.397. The molecule has 0 aliphatic carbocycles. The molecule has 0 radical (unpaired) electrons. The fourth-order valence-corrected chi connectivity index (χ4v) is 3.04. The summed E-state index contributed by atoms with van der Waals surface area (Å²) in [4.78, 5) is 11.4. The minimum Gasteiger partial charge on any atom is -0.493 e. The Morgan fingerprint density at radius 1 is 0.786 bits per heavy atom. The van der Waals surface area contributed by atoms with Gasteiger partial charge in [-0.3, -0.25) is 4.79 Å². The van der Waals surface area contributed by atoms with E-state index in [1.54, 1.807) is 21.3 Å². The van der Waals surface area contributed by atoms with E-state index < -0.39 is 5.97 Å². The molecule has 5 heteroatoms. The van der Waals surface area contributed by atoms with Gasteiger partial charge in [0.25, 0.3) is 0 Å². The normalized spacial score (nSPS) is 11.2. The Morgan fingerprint density at radius 3 is 2.00 bits per heavy atom. The van der Waals surface area contributed by atoms with Gasteiger partial charge in [0, 0.05) is 12.5 Å². The lowest BCUT2D eigenvalue weighted by molar-refractivity contribution is -0.135. The molecule has 0 amide bonds. The van der Waals surface area contributed by atoms with Gasteiger partial charge in [-0.25, -0.2) is 0 Å². The summed E-state index contributed by atoms with van der Waals surface area (Å²) in [7, 11) is 4.68. The molecule has 28 heavy (non-hydrogen) atoms. The third-order valence-electron chi connectivity index (χ3n) is 4.38. The van der Waals surface area contributed by atoms with Gasteiger partial charge in [-0.2, -0.15) is 0 Å². The Kier molecular flexibility index (Phi) is 5.84. The van der Waals surface area contributed by atoms with E-state index in [0.29, 0.717) is 17.2 Å². The van der Waals surface area contributed by atoms with Crippen molar-refractivity contribution in [2.45, 2.75) is 6.92 Å². The summed E-state index contributed by atoms with van der Waals surface area (Å²) < 4.78 is 21.5. The molecule has 144 valence electrons. The molecule has 0 unspecified atom stereocenters. The van der Waals surface area contributed by atoms with Crippen LogP contribution in [0, 0.1) is 0 Å². The molecule has 0 spiro atoms. The highest BCUT2D eigenvalue weighted by Gasteiger charge is 2.17. The number of ether oxygens (including phenoxy) is 4. The number of carbonyl (C=O) groups is 1. The van der Waals surface area contributed by atoms with Crippen molar-refractivity contribution < 1.29 is 23.7 Å². The molecule has 3 rings (SSSR count). The number of hydrogen-bond acceptors (Lipinski definition) is 5. The van der Waals surface area contributed by atoms with Crippen molar-refractivity contribution in [3.05, 3.63) is 72.0 Å². The van der Waals surface area contributed by atoms with Gasteiger partial charge in [0.15, 0.2) is 11.5 Å². The molecule has 0 N–H and O–H groups in total. The van der Waals surface area contributed by atoms with Crippen LogP contribution in [0.2, 0.25) is 0 Å². The smallest absolute Gasteiger partial charge is 0.307 e. The Morgan fingerprint density at radius 2 is 1.43 bits per heavy atom. The maximum absolute atomic E-state index is 11.4. The first kappa shape index (κ1) is 19.3. The highest BCUT2D eigenvalue weighted by Crippen LogP contribution is 2.41. The van der Waals surface area contributed by atoms with Crippen LogP contribution in [-0.4, -0.2) is 27.3 Å². The Balaban J connectivity index is 2.20. The molecule has 0 aromatic heterocycles. The van der Waals surface area contributed by atoms with E-state index in [4.69, 9.17) is 18.9 Å². The van der Waals surface area contributed by atoms with Crippen LogP contribution in [0.1, 0.15) is 18.1 Å². The quantitative estimate of drug-likeness (QED) is 0.455. The summed E-state index contributed by atoms with van der Waals surface area (Å²) in [6.07, 6.45) is 1.45. The third-order valence-corrected chi connectivity index (χ3v) is 4.38.